The molecule has 1 amide bonds. The van der Waals surface area contributed by atoms with E-state index in [0.29, 0.717) is 12.1 Å². The van der Waals surface area contributed by atoms with Crippen LogP contribution in [0.4, 0.5) is 5.69 Å². The van der Waals surface area contributed by atoms with Gasteiger partial charge >= 0.3 is 0 Å². The lowest BCUT2D eigenvalue weighted by atomic mass is 9.81. The Labute approximate surface area is 276 Å². The molecule has 2 aliphatic heterocycles. The number of ketones is 1. The second-order valence-corrected chi connectivity index (χ2v) is 12.8. The van der Waals surface area contributed by atoms with Gasteiger partial charge in [-0.1, -0.05) is 95.7 Å². The lowest BCUT2D eigenvalue weighted by Crippen LogP contribution is -3.00. The average molecular weight is 715 g/mol. The maximum absolute atomic E-state index is 14.3. The molecule has 2 atom stereocenters. The van der Waals surface area contributed by atoms with Crippen molar-refractivity contribution in [2.75, 3.05) is 11.4 Å². The van der Waals surface area contributed by atoms with E-state index in [0.717, 1.165) is 34.3 Å². The van der Waals surface area contributed by atoms with E-state index in [1.54, 1.807) is 0 Å². The van der Waals surface area contributed by atoms with E-state index in [1.165, 1.54) is 16.8 Å². The van der Waals surface area contributed by atoms with Crippen molar-refractivity contribution in [2.24, 2.45) is 0 Å². The first-order chi connectivity index (χ1) is 20.8. The van der Waals surface area contributed by atoms with Gasteiger partial charge in [-0.2, -0.15) is 0 Å². The van der Waals surface area contributed by atoms with Crippen LogP contribution < -0.4 is 26.4 Å². The lowest BCUT2D eigenvalue weighted by Gasteiger charge is -2.37. The highest BCUT2D eigenvalue weighted by atomic mass is 79.9. The number of nitrogens with zero attached hydrogens (tertiary/aromatic N) is 4. The first-order valence-electron chi connectivity index (χ1n) is 14.8. The van der Waals surface area contributed by atoms with Gasteiger partial charge in [0.2, 0.25) is 5.78 Å². The molecule has 1 aromatic heterocycles. The Morgan fingerprint density at radius 1 is 0.909 bits per heavy atom. The number of carbonyl (C=O) groups is 2. The molecule has 5 aromatic rings. The fraction of sp³-hybridized carbons (Fsp3) is 0.250. The number of Topliss-reactive ketones (excluding diaryl/α,β-unsaturated/α-hetero) is 1. The van der Waals surface area contributed by atoms with Gasteiger partial charge in [0.05, 0.1) is 0 Å². The third kappa shape index (κ3) is 5.08. The monoisotopic (exact) mass is 712 g/mol. The zero-order chi connectivity index (χ0) is 29.7. The summed E-state index contributed by atoms with van der Waals surface area (Å²) in [5.41, 5.74) is 6.18. The molecule has 0 spiro atoms. The summed E-state index contributed by atoms with van der Waals surface area (Å²) in [7, 11) is 0. The van der Waals surface area contributed by atoms with E-state index in [4.69, 9.17) is 0 Å². The summed E-state index contributed by atoms with van der Waals surface area (Å²) < 4.78 is 5.05. The summed E-state index contributed by atoms with van der Waals surface area (Å²) in [5.74, 6) is 1.01. The molecule has 224 valence electrons. The number of likely N-dealkylation sites (tertiary alicyclic amines) is 1. The van der Waals surface area contributed by atoms with Crippen molar-refractivity contribution < 1.29 is 31.1 Å². The van der Waals surface area contributed by atoms with Crippen molar-refractivity contribution in [3.63, 3.8) is 0 Å². The molecule has 4 aromatic carbocycles. The molecule has 0 N–H and O–H groups in total. The van der Waals surface area contributed by atoms with E-state index < -0.39 is 0 Å². The van der Waals surface area contributed by atoms with Gasteiger partial charge in [0.25, 0.3) is 11.7 Å². The Morgan fingerprint density at radius 2 is 1.59 bits per heavy atom. The summed E-state index contributed by atoms with van der Waals surface area (Å²) in [6.07, 6.45) is 0.851. The van der Waals surface area contributed by atoms with Gasteiger partial charge in [0.1, 0.15) is 6.17 Å². The average Bonchev–Trinajstić information content (AvgIpc) is 3.59. The predicted octanol–water partition coefficient (Wildman–Crippen LogP) is 3.42. The molecule has 6 nitrogen and oxygen atoms in total. The third-order valence-electron chi connectivity index (χ3n) is 9.38. The number of anilines is 1. The molecule has 0 bridgehead atoms. The first-order valence-corrected chi connectivity index (χ1v) is 15.6. The van der Waals surface area contributed by atoms with Crippen LogP contribution in [-0.4, -0.2) is 33.9 Å². The number of amides is 1. The molecule has 2 aliphatic rings. The Hall–Kier alpha value is -3.75. The van der Waals surface area contributed by atoms with Crippen molar-refractivity contribution >= 4 is 44.3 Å². The number of halogens is 2. The molecule has 44 heavy (non-hydrogen) atoms. The Morgan fingerprint density at radius 3 is 2.36 bits per heavy atom. The number of hydrogen-bond acceptors (Lipinski definition) is 3. The van der Waals surface area contributed by atoms with Crippen LogP contribution in [0.1, 0.15) is 40.7 Å². The van der Waals surface area contributed by atoms with Crippen LogP contribution in [0.3, 0.4) is 0 Å². The van der Waals surface area contributed by atoms with Crippen LogP contribution in [-0.2, 0) is 29.8 Å². The van der Waals surface area contributed by atoms with Gasteiger partial charge in [0.15, 0.2) is 24.1 Å². The van der Waals surface area contributed by atoms with Crippen LogP contribution in [0, 0.1) is 6.92 Å². The van der Waals surface area contributed by atoms with Gasteiger partial charge in [-0.15, -0.1) is 0 Å². The van der Waals surface area contributed by atoms with Crippen molar-refractivity contribution in [2.45, 2.75) is 51.5 Å². The molecule has 0 saturated carbocycles. The van der Waals surface area contributed by atoms with Crippen LogP contribution in [0.15, 0.2) is 108 Å². The summed E-state index contributed by atoms with van der Waals surface area (Å²) in [6, 6.07) is 34.6. The van der Waals surface area contributed by atoms with Crippen LogP contribution in [0.25, 0.3) is 11.0 Å². The second kappa shape index (κ2) is 12.0. The maximum atomic E-state index is 14.3. The summed E-state index contributed by atoms with van der Waals surface area (Å²) in [6.45, 7) is 6.19. The minimum absolute atomic E-state index is 0. The largest absolute Gasteiger partial charge is 1.00 e. The quantitative estimate of drug-likeness (QED) is 0.192. The van der Waals surface area contributed by atoms with Crippen molar-refractivity contribution in [3.05, 3.63) is 130 Å². The summed E-state index contributed by atoms with van der Waals surface area (Å²) in [5, 5.41) is 0. The number of hydrogen-bond donors (Lipinski definition) is 0. The van der Waals surface area contributed by atoms with Crippen LogP contribution in [0.2, 0.25) is 0 Å². The lowest BCUT2D eigenvalue weighted by molar-refractivity contribution is -0.664. The first kappa shape index (κ1) is 30.3. The predicted molar refractivity (Wildman–Crippen MR) is 172 cm³/mol. The highest BCUT2D eigenvalue weighted by Gasteiger charge is 2.55. The molecular weight excluding hydrogens is 680 g/mol. The summed E-state index contributed by atoms with van der Waals surface area (Å²) in [4.78, 5) is 32.1. The van der Waals surface area contributed by atoms with E-state index in [1.807, 2.05) is 66.1 Å². The van der Waals surface area contributed by atoms with Crippen molar-refractivity contribution in [1.82, 2.24) is 9.47 Å². The van der Waals surface area contributed by atoms with Gasteiger partial charge < -0.3 is 26.8 Å². The smallest absolute Gasteiger partial charge is 0.266 e. The minimum Gasteiger partial charge on any atom is -1.00 e. The topological polar surface area (TPSA) is 49.4 Å². The Kier molecular flexibility index (Phi) is 8.24. The van der Waals surface area contributed by atoms with Crippen LogP contribution >= 0.6 is 15.9 Å². The Balaban J connectivity index is 0.00000343. The van der Waals surface area contributed by atoms with Crippen molar-refractivity contribution in [1.29, 1.82) is 0 Å². The van der Waals surface area contributed by atoms with Gasteiger partial charge in [0, 0.05) is 41.2 Å². The standard InChI is InChI=1S/C36H34BrN4O2.BrH/c1-25-39(23-33(42)27-16-18-28(37)19-17-27)31-14-8-9-15-32(31)40(25)24-34(43)38-21-20-36(2)29-12-6-7-13-30(29)41(35(36)38)22-26-10-4-3-5-11-26;/h3-19,35H,20-24H2,1-2H3;1H/q+1;/p-1. The number of rotatable bonds is 7. The molecule has 0 aliphatic carbocycles. The fourth-order valence-electron chi connectivity index (χ4n) is 7.20. The maximum Gasteiger partial charge on any atom is 0.266 e. The Bertz CT molecular complexity index is 1850. The molecule has 3 heterocycles. The van der Waals surface area contributed by atoms with Gasteiger partial charge in [-0.05, 0) is 47.9 Å². The number of fused-ring (bicyclic) bond motifs is 4. The molecule has 2 unspecified atom stereocenters. The number of imidazole rings is 1. The van der Waals surface area contributed by atoms with Crippen molar-refractivity contribution in [3.8, 4) is 0 Å². The minimum atomic E-state index is -0.147. The summed E-state index contributed by atoms with van der Waals surface area (Å²) >= 11 is 3.45. The molecule has 1 saturated heterocycles. The molecule has 7 rings (SSSR count). The number of benzene rings is 4. The van der Waals surface area contributed by atoms with Gasteiger partial charge in [-0.25, -0.2) is 9.13 Å². The van der Waals surface area contributed by atoms with Gasteiger partial charge in [-0.3, -0.25) is 9.59 Å². The van der Waals surface area contributed by atoms with E-state index in [2.05, 4.69) is 85.8 Å². The zero-order valence-electron chi connectivity index (χ0n) is 24.8. The molecular formula is C36H34Br2N4O2. The van der Waals surface area contributed by atoms with E-state index in [-0.39, 0.29) is 53.3 Å². The number of para-hydroxylation sites is 3. The van der Waals surface area contributed by atoms with E-state index in [9.17, 15) is 9.59 Å². The highest BCUT2D eigenvalue weighted by molar-refractivity contribution is 9.10. The zero-order valence-corrected chi connectivity index (χ0v) is 28.0. The number of carbonyl (C=O) groups excluding carboxylic acids is 2. The second-order valence-electron chi connectivity index (χ2n) is 11.9. The van der Waals surface area contributed by atoms with Crippen LogP contribution in [0.5, 0.6) is 0 Å². The van der Waals surface area contributed by atoms with E-state index >= 15 is 0 Å². The third-order valence-corrected chi connectivity index (χ3v) is 9.91. The normalized spacial score (nSPS) is 18.7. The fourth-order valence-corrected chi connectivity index (χ4v) is 7.46. The molecule has 8 heteroatoms. The SMILES string of the molecule is Cc1n(CC(=O)N2CCC3(C)c4ccccc4N(Cc4ccccc4)C23)c2ccccc2[n+]1CC(=O)c1ccc(Br)cc1.[Br-]. The molecule has 1 fully saturated rings. The number of aromatic nitrogens is 2. The molecule has 0 radical (unpaired) electrons. The highest BCUT2D eigenvalue weighted by Crippen LogP contribution is 2.52.